The predicted molar refractivity (Wildman–Crippen MR) is 107 cm³/mol. The van der Waals surface area contributed by atoms with Crippen molar-refractivity contribution in [2.24, 2.45) is 0 Å². The van der Waals surface area contributed by atoms with Crippen LogP contribution in [-0.2, 0) is 0 Å². The van der Waals surface area contributed by atoms with E-state index in [4.69, 9.17) is 9.97 Å². The molecule has 2 aromatic heterocycles. The summed E-state index contributed by atoms with van der Waals surface area (Å²) < 4.78 is 1.08. The molecule has 0 spiro atoms. The van der Waals surface area contributed by atoms with Crippen LogP contribution in [0.2, 0.25) is 0 Å². The molecule has 24 heavy (non-hydrogen) atoms. The van der Waals surface area contributed by atoms with Gasteiger partial charge in [-0.2, -0.15) is 0 Å². The highest BCUT2D eigenvalue weighted by atomic mass is 79.9. The van der Waals surface area contributed by atoms with Gasteiger partial charge in [0.2, 0.25) is 0 Å². The van der Waals surface area contributed by atoms with E-state index in [-0.39, 0.29) is 0 Å². The molecule has 0 aliphatic carbocycles. The van der Waals surface area contributed by atoms with Crippen molar-refractivity contribution in [2.45, 2.75) is 6.92 Å². The van der Waals surface area contributed by atoms with Gasteiger partial charge in [0.05, 0.1) is 16.3 Å². The minimum Gasteiger partial charge on any atom is -0.241 e. The van der Waals surface area contributed by atoms with Crippen LogP contribution in [0.4, 0.5) is 0 Å². The Morgan fingerprint density at radius 2 is 1.58 bits per heavy atom. The molecule has 118 valence electrons. The summed E-state index contributed by atoms with van der Waals surface area (Å²) in [7, 11) is 0. The highest BCUT2D eigenvalue weighted by molar-refractivity contribution is 9.10. The molecule has 0 fully saturated rings. The van der Waals surface area contributed by atoms with E-state index < -0.39 is 0 Å². The predicted octanol–water partition coefficient (Wildman–Crippen LogP) is 6.67. The number of halogens is 1. The second-order valence-corrected chi connectivity index (χ2v) is 8.12. The molecule has 0 aliphatic heterocycles. The van der Waals surface area contributed by atoms with Gasteiger partial charge in [-0.15, -0.1) is 22.7 Å². The number of hydrogen-bond acceptors (Lipinski definition) is 4. The van der Waals surface area contributed by atoms with E-state index in [1.54, 1.807) is 22.7 Å². The van der Waals surface area contributed by atoms with Crippen LogP contribution < -0.4 is 0 Å². The molecule has 2 heterocycles. The molecule has 4 rings (SSSR count). The first-order valence-electron chi connectivity index (χ1n) is 7.45. The fourth-order valence-corrected chi connectivity index (χ4v) is 4.74. The first-order chi connectivity index (χ1) is 11.7. The Hall–Kier alpha value is -1.82. The lowest BCUT2D eigenvalue weighted by molar-refractivity contribution is 1.26. The number of nitrogens with zero attached hydrogens (tertiary/aromatic N) is 2. The van der Waals surface area contributed by atoms with Crippen LogP contribution >= 0.6 is 38.6 Å². The van der Waals surface area contributed by atoms with Crippen LogP contribution in [-0.4, -0.2) is 9.97 Å². The van der Waals surface area contributed by atoms with Crippen LogP contribution in [0.25, 0.3) is 31.7 Å². The number of rotatable bonds is 3. The minimum atomic E-state index is 1.01. The van der Waals surface area contributed by atoms with Crippen LogP contribution in [0.5, 0.6) is 0 Å². The molecule has 0 radical (unpaired) electrons. The topological polar surface area (TPSA) is 25.8 Å². The molecule has 0 aliphatic rings. The lowest BCUT2D eigenvalue weighted by Crippen LogP contribution is -1.80. The third-order valence-corrected chi connectivity index (χ3v) is 6.39. The van der Waals surface area contributed by atoms with E-state index in [2.05, 4.69) is 52.5 Å². The van der Waals surface area contributed by atoms with Gasteiger partial charge in [0.15, 0.2) is 0 Å². The maximum atomic E-state index is 4.82. The number of thiazole rings is 2. The maximum absolute atomic E-state index is 4.82. The van der Waals surface area contributed by atoms with Crippen molar-refractivity contribution < 1.29 is 0 Å². The fraction of sp³-hybridized carbons (Fsp3) is 0.0526. The van der Waals surface area contributed by atoms with Gasteiger partial charge in [0, 0.05) is 21.0 Å². The summed E-state index contributed by atoms with van der Waals surface area (Å²) in [4.78, 5) is 10.7. The van der Waals surface area contributed by atoms with Crippen molar-refractivity contribution >= 4 is 38.6 Å². The minimum absolute atomic E-state index is 1.01. The lowest BCUT2D eigenvalue weighted by Gasteiger charge is -1.96. The summed E-state index contributed by atoms with van der Waals surface area (Å²) in [5.74, 6) is 0. The monoisotopic (exact) mass is 412 g/mol. The molecule has 2 nitrogen and oxygen atoms in total. The molecule has 0 atom stereocenters. The summed E-state index contributed by atoms with van der Waals surface area (Å²) in [6, 6.07) is 18.5. The highest BCUT2D eigenvalue weighted by Crippen LogP contribution is 2.38. The van der Waals surface area contributed by atoms with E-state index >= 15 is 0 Å². The van der Waals surface area contributed by atoms with Gasteiger partial charge in [-0.1, -0.05) is 58.4 Å². The molecule has 4 aromatic rings. The van der Waals surface area contributed by atoms with Gasteiger partial charge in [0.1, 0.15) is 10.0 Å². The summed E-state index contributed by atoms with van der Waals surface area (Å²) in [6.45, 7) is 2.05. The Kier molecular flexibility index (Phi) is 4.31. The third-order valence-electron chi connectivity index (χ3n) is 3.66. The Morgan fingerprint density at radius 1 is 0.833 bits per heavy atom. The average molecular weight is 413 g/mol. The molecule has 5 heteroatoms. The molecule has 0 N–H and O–H groups in total. The van der Waals surface area contributed by atoms with Crippen LogP contribution in [0.3, 0.4) is 0 Å². The molecule has 2 aromatic carbocycles. The van der Waals surface area contributed by atoms with E-state index in [1.165, 1.54) is 0 Å². The first kappa shape index (κ1) is 15.7. The molecule has 0 saturated carbocycles. The van der Waals surface area contributed by atoms with Gasteiger partial charge in [-0.05, 0) is 19.1 Å². The first-order valence-corrected chi connectivity index (χ1v) is 9.94. The second kappa shape index (κ2) is 6.59. The lowest BCUT2D eigenvalue weighted by atomic mass is 10.2. The Balaban J connectivity index is 1.70. The normalized spacial score (nSPS) is 10.9. The molecular formula is C19H13BrN2S2. The average Bonchev–Trinajstić information content (AvgIpc) is 3.23. The number of benzene rings is 2. The zero-order chi connectivity index (χ0) is 16.5. The van der Waals surface area contributed by atoms with Gasteiger partial charge < -0.3 is 0 Å². The number of aryl methyl sites for hydroxylation is 1. The van der Waals surface area contributed by atoms with Gasteiger partial charge in [0.25, 0.3) is 0 Å². The smallest absolute Gasteiger partial charge is 0.135 e. The summed E-state index contributed by atoms with van der Waals surface area (Å²) in [6.07, 6.45) is 0. The van der Waals surface area contributed by atoms with E-state index in [0.29, 0.717) is 0 Å². The van der Waals surface area contributed by atoms with E-state index in [9.17, 15) is 0 Å². The summed E-state index contributed by atoms with van der Waals surface area (Å²) in [5.41, 5.74) is 4.33. The van der Waals surface area contributed by atoms with Gasteiger partial charge in [-0.3, -0.25) is 0 Å². The van der Waals surface area contributed by atoms with Crippen LogP contribution in [0.15, 0.2) is 64.5 Å². The molecular weight excluding hydrogens is 400 g/mol. The quantitative estimate of drug-likeness (QED) is 0.375. The van der Waals surface area contributed by atoms with Crippen molar-refractivity contribution in [3.05, 3.63) is 70.1 Å². The zero-order valence-corrected chi connectivity index (χ0v) is 16.1. The van der Waals surface area contributed by atoms with Crippen LogP contribution in [0.1, 0.15) is 5.69 Å². The van der Waals surface area contributed by atoms with Crippen molar-refractivity contribution in [1.82, 2.24) is 9.97 Å². The third kappa shape index (κ3) is 3.07. The van der Waals surface area contributed by atoms with E-state index in [1.807, 2.05) is 30.3 Å². The molecule has 0 unspecified atom stereocenters. The maximum Gasteiger partial charge on any atom is 0.135 e. The molecule has 0 bridgehead atoms. The van der Waals surface area contributed by atoms with Gasteiger partial charge >= 0.3 is 0 Å². The zero-order valence-electron chi connectivity index (χ0n) is 12.9. The largest absolute Gasteiger partial charge is 0.241 e. The number of hydrogen-bond donors (Lipinski definition) is 0. The highest BCUT2D eigenvalue weighted by Gasteiger charge is 2.15. The number of aromatic nitrogens is 2. The summed E-state index contributed by atoms with van der Waals surface area (Å²) in [5, 5.41) is 4.19. The Labute approximate surface area is 157 Å². The van der Waals surface area contributed by atoms with Gasteiger partial charge in [-0.25, -0.2) is 9.97 Å². The Morgan fingerprint density at radius 3 is 2.33 bits per heavy atom. The van der Waals surface area contributed by atoms with Crippen LogP contribution in [0, 0.1) is 6.92 Å². The fourth-order valence-electron chi connectivity index (χ4n) is 2.43. The standard InChI is InChI=1S/C19H13BrN2S2/c1-12-17(24-18(21-12)14-5-3-2-4-6-14)19-22-16(11-23-19)13-7-9-15(20)10-8-13/h2-11H,1H3. The molecule has 0 saturated heterocycles. The van der Waals surface area contributed by atoms with E-state index in [0.717, 1.165) is 41.9 Å². The van der Waals surface area contributed by atoms with Crippen molar-refractivity contribution in [3.63, 3.8) is 0 Å². The van der Waals surface area contributed by atoms with Crippen molar-refractivity contribution in [3.8, 4) is 31.7 Å². The Bertz CT molecular complexity index is 972. The van der Waals surface area contributed by atoms with Crippen molar-refractivity contribution in [1.29, 1.82) is 0 Å². The molecule has 0 amide bonds. The van der Waals surface area contributed by atoms with Crippen molar-refractivity contribution in [2.75, 3.05) is 0 Å². The second-order valence-electron chi connectivity index (χ2n) is 5.34. The SMILES string of the molecule is Cc1nc(-c2ccccc2)sc1-c1nc(-c2ccc(Br)cc2)cs1. The summed E-state index contributed by atoms with van der Waals surface area (Å²) >= 11 is 6.85.